The van der Waals surface area contributed by atoms with E-state index in [1.807, 2.05) is 0 Å². The summed E-state index contributed by atoms with van der Waals surface area (Å²) in [4.78, 5) is 43.0. The van der Waals surface area contributed by atoms with E-state index >= 15 is 0 Å². The van der Waals surface area contributed by atoms with Gasteiger partial charge >= 0.3 is 26.9 Å². The van der Waals surface area contributed by atoms with Crippen molar-refractivity contribution >= 4 is 67.1 Å². The van der Waals surface area contributed by atoms with Crippen molar-refractivity contribution in [1.82, 2.24) is 0 Å². The molecule has 2 unspecified atom stereocenters. The average Bonchev–Trinajstić information content (AvgIpc) is 2.65. The van der Waals surface area contributed by atoms with Gasteiger partial charge in [0, 0.05) is 64.6 Å². The molecule has 0 amide bonds. The fraction of sp³-hybridized carbons (Fsp3) is 0.100. The number of phosphoric acid groups is 2. The molecule has 0 aliphatic heterocycles. The second-order valence-electron chi connectivity index (χ2n) is 7.01. The first kappa shape index (κ1) is 26.4. The van der Waals surface area contributed by atoms with Gasteiger partial charge in [-0.15, -0.1) is 0 Å². The van der Waals surface area contributed by atoms with Gasteiger partial charge in [-0.1, -0.05) is 0 Å². The van der Waals surface area contributed by atoms with Crippen LogP contribution in [0, 0.1) is 13.8 Å². The van der Waals surface area contributed by atoms with Crippen LogP contribution in [0.15, 0.2) is 67.0 Å². The van der Waals surface area contributed by atoms with E-state index in [1.54, 1.807) is 13.8 Å². The van der Waals surface area contributed by atoms with E-state index in [2.05, 4.69) is 4.31 Å². The van der Waals surface area contributed by atoms with Gasteiger partial charge in [0.25, 0.3) is 0 Å². The van der Waals surface area contributed by atoms with Crippen LogP contribution in [-0.2, 0) is 13.4 Å². The van der Waals surface area contributed by atoms with Gasteiger partial charge in [0.15, 0.2) is 0 Å². The molecule has 0 aliphatic carbocycles. The second-order valence-corrected chi connectivity index (χ2v) is 9.91. The Kier molecular flexibility index (Phi) is 7.62. The van der Waals surface area contributed by atoms with Crippen LogP contribution in [0.4, 0.5) is 0 Å². The van der Waals surface area contributed by atoms with Crippen LogP contribution in [0.25, 0.3) is 21.9 Å². The first-order valence-electron chi connectivity index (χ1n) is 9.26. The summed E-state index contributed by atoms with van der Waals surface area (Å²) in [5.74, 6) is -0.518. The van der Waals surface area contributed by atoms with Gasteiger partial charge < -0.3 is 17.9 Å². The van der Waals surface area contributed by atoms with E-state index in [0.29, 0.717) is 21.9 Å². The molecule has 1 radical (unpaired) electrons. The van der Waals surface area contributed by atoms with Gasteiger partial charge in [-0.2, -0.15) is 4.31 Å². The zero-order chi connectivity index (χ0) is 24.0. The third kappa shape index (κ3) is 6.07. The normalized spacial score (nSPS) is 14.7. The first-order chi connectivity index (χ1) is 15.4. The topological polar surface area (TPSA) is 163 Å². The number of hydrogen-bond acceptors (Lipinski definition) is 9. The molecule has 0 fully saturated rings. The van der Waals surface area contributed by atoms with Crippen molar-refractivity contribution in [2.24, 2.45) is 0 Å². The predicted molar refractivity (Wildman–Crippen MR) is 122 cm³/mol. The Labute approximate surface area is 213 Å². The van der Waals surface area contributed by atoms with E-state index in [4.69, 9.17) is 17.9 Å². The summed E-state index contributed by atoms with van der Waals surface area (Å²) < 4.78 is 48.6. The molecule has 0 spiro atoms. The molecule has 2 aromatic heterocycles. The largest absolute Gasteiger partial charge is 0.537 e. The molecule has 0 saturated heterocycles. The Morgan fingerprint density at radius 2 is 1.09 bits per heavy atom. The molecule has 2 aromatic carbocycles. The van der Waals surface area contributed by atoms with Crippen LogP contribution in [0.3, 0.4) is 0 Å². The molecular weight excluding hydrogens is 501 g/mol. The summed E-state index contributed by atoms with van der Waals surface area (Å²) in [5.41, 5.74) is 0.130. The Balaban J connectivity index is 0.00000324. The molecule has 2 N–H and O–H groups in total. The monoisotopic (exact) mass is 517 g/mol. The van der Waals surface area contributed by atoms with Crippen LogP contribution in [-0.4, -0.2) is 39.3 Å². The van der Waals surface area contributed by atoms with Gasteiger partial charge in [0.05, 0.1) is 0 Å². The van der Waals surface area contributed by atoms with Crippen LogP contribution in [0.2, 0.25) is 0 Å². The van der Waals surface area contributed by atoms with E-state index in [0.717, 1.165) is 12.1 Å². The van der Waals surface area contributed by atoms with Gasteiger partial charge in [-0.3, -0.25) is 9.79 Å². The quantitative estimate of drug-likeness (QED) is 0.217. The third-order valence-corrected chi connectivity index (χ3v) is 7.03. The smallest absolute Gasteiger partial charge is 0.423 e. The standard InChI is InChI=1S/C20H16O11P2.Na/c1-11-7-19(21)27-17-9-13(3-5-15(11)17)29-32(23,24)31-33(25,26)30-14-4-6-16-12(2)8-20(22)28-18(16)10-14;/h3-10H,1-2H3,(H,23,24)(H,25,26);. The van der Waals surface area contributed by atoms with Gasteiger partial charge in [-0.25, -0.2) is 18.7 Å². The molecule has 14 heteroatoms. The SMILES string of the molecule is Cc1cc(=O)oc2cc(OP(=O)(O)OP(=O)(O)Oc3ccc4c(C)cc(=O)oc4c3)ccc12.[Na]. The summed E-state index contributed by atoms with van der Waals surface area (Å²) >= 11 is 0. The second kappa shape index (κ2) is 9.81. The molecule has 173 valence electrons. The number of benzene rings is 2. The maximum Gasteiger partial charge on any atom is 0.537 e. The fourth-order valence-corrected chi connectivity index (χ4v) is 5.22. The van der Waals surface area contributed by atoms with Crippen molar-refractivity contribution in [3.05, 3.63) is 80.5 Å². The molecule has 34 heavy (non-hydrogen) atoms. The maximum absolute atomic E-state index is 12.3. The van der Waals surface area contributed by atoms with Crippen molar-refractivity contribution in [3.8, 4) is 11.5 Å². The molecular formula is C20H16NaO11P2. The minimum Gasteiger partial charge on any atom is -0.423 e. The Morgan fingerprint density at radius 1 is 0.706 bits per heavy atom. The Morgan fingerprint density at radius 3 is 1.47 bits per heavy atom. The molecule has 2 atom stereocenters. The molecule has 0 bridgehead atoms. The summed E-state index contributed by atoms with van der Waals surface area (Å²) in [7, 11) is -10.3. The molecule has 4 aromatic rings. The van der Waals surface area contributed by atoms with Crippen LogP contribution in [0.1, 0.15) is 11.1 Å². The van der Waals surface area contributed by atoms with Crippen molar-refractivity contribution in [2.45, 2.75) is 13.8 Å². The third-order valence-electron chi connectivity index (χ3n) is 4.49. The fourth-order valence-electron chi connectivity index (χ4n) is 3.15. The summed E-state index contributed by atoms with van der Waals surface area (Å²) in [5, 5.41) is 1.12. The molecule has 11 nitrogen and oxygen atoms in total. The number of rotatable bonds is 6. The minimum absolute atomic E-state index is 0. The van der Waals surface area contributed by atoms with Gasteiger partial charge in [0.1, 0.15) is 22.7 Å². The van der Waals surface area contributed by atoms with E-state index in [1.165, 1.54) is 36.4 Å². The molecule has 4 rings (SSSR count). The number of hydrogen-bond donors (Lipinski definition) is 2. The van der Waals surface area contributed by atoms with Crippen molar-refractivity contribution in [3.63, 3.8) is 0 Å². The van der Waals surface area contributed by atoms with Crippen LogP contribution < -0.4 is 20.3 Å². The zero-order valence-corrected chi connectivity index (χ0v) is 21.9. The zero-order valence-electron chi connectivity index (χ0n) is 18.1. The van der Waals surface area contributed by atoms with Gasteiger partial charge in [0.2, 0.25) is 0 Å². The number of fused-ring (bicyclic) bond motifs is 2. The van der Waals surface area contributed by atoms with E-state index in [-0.39, 0.29) is 52.2 Å². The summed E-state index contributed by atoms with van der Waals surface area (Å²) in [6.07, 6.45) is 0. The van der Waals surface area contributed by atoms with Crippen LogP contribution in [0.5, 0.6) is 11.5 Å². The van der Waals surface area contributed by atoms with Crippen molar-refractivity contribution in [1.29, 1.82) is 0 Å². The molecule has 2 heterocycles. The minimum atomic E-state index is -5.17. The average molecular weight is 517 g/mol. The molecule has 0 aliphatic rings. The molecule has 0 saturated carbocycles. The van der Waals surface area contributed by atoms with Gasteiger partial charge in [-0.05, 0) is 49.2 Å². The maximum atomic E-state index is 12.3. The van der Waals surface area contributed by atoms with Crippen molar-refractivity contribution < 1.29 is 41.1 Å². The first-order valence-corrected chi connectivity index (χ1v) is 12.3. The summed E-state index contributed by atoms with van der Waals surface area (Å²) in [6, 6.07) is 10.4. The predicted octanol–water partition coefficient (Wildman–Crippen LogP) is 3.81. The summed E-state index contributed by atoms with van der Waals surface area (Å²) in [6.45, 7) is 3.36. The number of phosphoric ester groups is 2. The van der Waals surface area contributed by atoms with Crippen molar-refractivity contribution in [2.75, 3.05) is 0 Å². The number of aryl methyl sites for hydroxylation is 2. The Hall–Kier alpha value is -2.20. The van der Waals surface area contributed by atoms with Crippen LogP contribution >= 0.6 is 15.6 Å². The van der Waals surface area contributed by atoms with E-state index < -0.39 is 26.9 Å². The Bertz CT molecular complexity index is 1490. The van der Waals surface area contributed by atoms with E-state index in [9.17, 15) is 28.5 Å².